The van der Waals surface area contributed by atoms with Crippen molar-refractivity contribution in [2.75, 3.05) is 0 Å². The zero-order valence-electron chi connectivity index (χ0n) is 19.2. The van der Waals surface area contributed by atoms with Gasteiger partial charge in [0.1, 0.15) is 0 Å². The maximum atomic E-state index is 11.7. The quantitative estimate of drug-likeness (QED) is 0.243. The molecular weight excluding hydrogens is 500 g/mol. The second kappa shape index (κ2) is 8.45. The Hall–Kier alpha value is -3.70. The predicted octanol–water partition coefficient (Wildman–Crippen LogP) is 5.23. The molecule has 182 valence electrons. The SMILES string of the molecule is Cc1cc(-c2ccc(S(=O)(=O)O)cc2)c2ccc3c(-c4cccc(S(=O)(=O)O)c4)cc(C)nc3c2n1. The molecule has 0 bridgehead atoms. The van der Waals surface area contributed by atoms with Crippen LogP contribution in [0.1, 0.15) is 11.4 Å². The fraction of sp³-hybridized carbons (Fsp3) is 0.0769. The minimum absolute atomic E-state index is 0.194. The molecule has 0 amide bonds. The molecule has 0 saturated heterocycles. The van der Waals surface area contributed by atoms with E-state index in [0.29, 0.717) is 22.3 Å². The van der Waals surface area contributed by atoms with Gasteiger partial charge < -0.3 is 0 Å². The Labute approximate surface area is 207 Å². The number of aromatic nitrogens is 2. The molecule has 10 heteroatoms. The Morgan fingerprint density at radius 3 is 1.58 bits per heavy atom. The summed E-state index contributed by atoms with van der Waals surface area (Å²) in [5, 5.41) is 1.55. The number of benzene rings is 3. The minimum Gasteiger partial charge on any atom is -0.282 e. The zero-order chi connectivity index (χ0) is 25.8. The molecule has 0 aliphatic rings. The highest BCUT2D eigenvalue weighted by molar-refractivity contribution is 7.86. The topological polar surface area (TPSA) is 135 Å². The normalized spacial score (nSPS) is 12.3. The molecule has 0 fully saturated rings. The summed E-state index contributed by atoms with van der Waals surface area (Å²) >= 11 is 0. The van der Waals surface area contributed by atoms with Gasteiger partial charge in [-0.3, -0.25) is 19.1 Å². The lowest BCUT2D eigenvalue weighted by Crippen LogP contribution is -1.99. The number of nitrogens with zero attached hydrogens (tertiary/aromatic N) is 2. The molecule has 5 aromatic rings. The van der Waals surface area contributed by atoms with Crippen LogP contribution in [0.15, 0.2) is 82.6 Å². The van der Waals surface area contributed by atoms with Crippen molar-refractivity contribution in [1.82, 2.24) is 9.97 Å². The van der Waals surface area contributed by atoms with Crippen LogP contribution in [-0.2, 0) is 20.2 Å². The Morgan fingerprint density at radius 2 is 1.08 bits per heavy atom. The first-order valence-corrected chi connectivity index (χ1v) is 13.7. The first-order valence-electron chi connectivity index (χ1n) is 10.8. The molecule has 0 saturated carbocycles. The average Bonchev–Trinajstić information content (AvgIpc) is 2.82. The third-order valence-corrected chi connectivity index (χ3v) is 7.64. The number of fused-ring (bicyclic) bond motifs is 3. The first kappa shape index (κ1) is 24.0. The average molecular weight is 521 g/mol. The highest BCUT2D eigenvalue weighted by atomic mass is 32.2. The Bertz CT molecular complexity index is 1900. The van der Waals surface area contributed by atoms with E-state index in [1.165, 1.54) is 24.3 Å². The molecular formula is C26H20N2O6S2. The van der Waals surface area contributed by atoms with Gasteiger partial charge in [-0.25, -0.2) is 0 Å². The van der Waals surface area contributed by atoms with Crippen molar-refractivity contribution >= 4 is 42.0 Å². The highest BCUT2D eigenvalue weighted by Gasteiger charge is 2.17. The molecule has 0 aliphatic carbocycles. The summed E-state index contributed by atoms with van der Waals surface area (Å²) in [5.41, 5.74) is 5.59. The van der Waals surface area contributed by atoms with E-state index in [2.05, 4.69) is 0 Å². The Kier molecular flexibility index (Phi) is 5.64. The lowest BCUT2D eigenvalue weighted by Gasteiger charge is -2.14. The van der Waals surface area contributed by atoms with Gasteiger partial charge in [-0.15, -0.1) is 0 Å². The fourth-order valence-electron chi connectivity index (χ4n) is 4.34. The number of rotatable bonds is 4. The molecule has 0 unspecified atom stereocenters. The molecule has 2 N–H and O–H groups in total. The van der Waals surface area contributed by atoms with Gasteiger partial charge in [0, 0.05) is 22.2 Å². The number of hydrogen-bond acceptors (Lipinski definition) is 6. The van der Waals surface area contributed by atoms with Gasteiger partial charge in [0.15, 0.2) is 0 Å². The number of pyridine rings is 2. The molecule has 0 spiro atoms. The molecule has 2 heterocycles. The third-order valence-electron chi connectivity index (χ3n) is 5.92. The Balaban J connectivity index is 1.78. The number of hydrogen-bond donors (Lipinski definition) is 2. The Morgan fingerprint density at radius 1 is 0.583 bits per heavy atom. The molecule has 8 nitrogen and oxygen atoms in total. The van der Waals surface area contributed by atoms with Crippen molar-refractivity contribution in [3.05, 3.63) is 84.2 Å². The summed E-state index contributed by atoms with van der Waals surface area (Å²) in [4.78, 5) is 9.09. The van der Waals surface area contributed by atoms with Gasteiger partial charge >= 0.3 is 0 Å². The summed E-state index contributed by atoms with van der Waals surface area (Å²) in [7, 11) is -8.67. The van der Waals surface area contributed by atoms with Crippen molar-refractivity contribution < 1.29 is 25.9 Å². The summed E-state index contributed by atoms with van der Waals surface area (Å²) in [6.45, 7) is 3.68. The van der Waals surface area contributed by atoms with Gasteiger partial charge in [-0.2, -0.15) is 16.8 Å². The van der Waals surface area contributed by atoms with Crippen LogP contribution in [0.3, 0.4) is 0 Å². The van der Waals surface area contributed by atoms with Crippen molar-refractivity contribution in [3.8, 4) is 22.3 Å². The van der Waals surface area contributed by atoms with E-state index < -0.39 is 20.2 Å². The van der Waals surface area contributed by atoms with Crippen LogP contribution in [0.2, 0.25) is 0 Å². The van der Waals surface area contributed by atoms with E-state index in [4.69, 9.17) is 9.97 Å². The predicted molar refractivity (Wildman–Crippen MR) is 137 cm³/mol. The summed E-state index contributed by atoms with van der Waals surface area (Å²) in [6, 6.07) is 19.5. The highest BCUT2D eigenvalue weighted by Crippen LogP contribution is 2.37. The number of aryl methyl sites for hydroxylation is 2. The molecule has 0 radical (unpaired) electrons. The van der Waals surface area contributed by atoms with Crippen molar-refractivity contribution in [2.24, 2.45) is 0 Å². The van der Waals surface area contributed by atoms with Gasteiger partial charge in [-0.1, -0.05) is 36.4 Å². The summed E-state index contributed by atoms with van der Waals surface area (Å²) in [6.07, 6.45) is 0. The largest absolute Gasteiger partial charge is 0.294 e. The van der Waals surface area contributed by atoms with E-state index in [9.17, 15) is 25.9 Å². The fourth-order valence-corrected chi connectivity index (χ4v) is 5.35. The standard InChI is InChI=1S/C26H20N2O6S2/c1-15-12-23(17-6-8-19(9-7-17)35(29,30)31)21-10-11-22-24(13-16(2)28-26(22)25(21)27-15)18-4-3-5-20(14-18)36(32,33)34/h3-14H,1-2H3,(H,29,30,31)(H,32,33,34). The summed E-state index contributed by atoms with van der Waals surface area (Å²) in [5.74, 6) is 0. The monoisotopic (exact) mass is 520 g/mol. The van der Waals surface area contributed by atoms with Gasteiger partial charge in [0.2, 0.25) is 0 Å². The van der Waals surface area contributed by atoms with Crippen LogP contribution in [0.4, 0.5) is 0 Å². The van der Waals surface area contributed by atoms with Crippen LogP contribution < -0.4 is 0 Å². The first-order chi connectivity index (χ1) is 16.9. The second-order valence-corrected chi connectivity index (χ2v) is 11.3. The molecule has 2 aromatic heterocycles. The maximum absolute atomic E-state index is 11.7. The van der Waals surface area contributed by atoms with E-state index in [1.807, 2.05) is 38.1 Å². The molecule has 36 heavy (non-hydrogen) atoms. The van der Waals surface area contributed by atoms with Crippen molar-refractivity contribution in [2.45, 2.75) is 23.6 Å². The maximum Gasteiger partial charge on any atom is 0.294 e. The minimum atomic E-state index is -4.37. The van der Waals surface area contributed by atoms with Crippen molar-refractivity contribution in [3.63, 3.8) is 0 Å². The van der Waals surface area contributed by atoms with Crippen LogP contribution >= 0.6 is 0 Å². The van der Waals surface area contributed by atoms with E-state index in [-0.39, 0.29) is 9.79 Å². The molecule has 5 rings (SSSR count). The second-order valence-electron chi connectivity index (χ2n) is 8.48. The smallest absolute Gasteiger partial charge is 0.282 e. The van der Waals surface area contributed by atoms with E-state index >= 15 is 0 Å². The zero-order valence-corrected chi connectivity index (χ0v) is 20.8. The van der Waals surface area contributed by atoms with Crippen LogP contribution in [0, 0.1) is 13.8 Å². The van der Waals surface area contributed by atoms with Gasteiger partial charge in [0.05, 0.1) is 20.8 Å². The molecule has 3 aromatic carbocycles. The lowest BCUT2D eigenvalue weighted by atomic mass is 9.95. The van der Waals surface area contributed by atoms with Gasteiger partial charge in [0.25, 0.3) is 20.2 Å². The van der Waals surface area contributed by atoms with Crippen molar-refractivity contribution in [1.29, 1.82) is 0 Å². The van der Waals surface area contributed by atoms with Crippen LogP contribution in [0.25, 0.3) is 44.1 Å². The molecule has 0 aliphatic heterocycles. The lowest BCUT2D eigenvalue weighted by molar-refractivity contribution is 0.481. The van der Waals surface area contributed by atoms with E-state index in [0.717, 1.165) is 33.2 Å². The van der Waals surface area contributed by atoms with Gasteiger partial charge in [-0.05, 0) is 72.5 Å². The van der Waals surface area contributed by atoms with E-state index in [1.54, 1.807) is 24.3 Å². The van der Waals surface area contributed by atoms with Crippen LogP contribution in [-0.4, -0.2) is 35.9 Å². The van der Waals surface area contributed by atoms with Crippen LogP contribution in [0.5, 0.6) is 0 Å². The molecule has 0 atom stereocenters. The third kappa shape index (κ3) is 4.35. The summed E-state index contributed by atoms with van der Waals surface area (Å²) < 4.78 is 65.1.